The fraction of sp³-hybridized carbons (Fsp3) is 0.308. The van der Waals surface area contributed by atoms with Gasteiger partial charge in [0.05, 0.1) is 0 Å². The predicted octanol–water partition coefficient (Wildman–Crippen LogP) is 0.0751. The van der Waals surface area contributed by atoms with E-state index in [0.29, 0.717) is 6.54 Å². The average molecular weight is 279 g/mol. The Bertz CT molecular complexity index is 476. The van der Waals surface area contributed by atoms with E-state index < -0.39 is 18.0 Å². The van der Waals surface area contributed by atoms with Crippen LogP contribution in [-0.2, 0) is 16.1 Å². The van der Waals surface area contributed by atoms with E-state index in [9.17, 15) is 14.4 Å². The normalized spacial score (nSPS) is 11.2. The van der Waals surface area contributed by atoms with Crippen LogP contribution < -0.4 is 16.0 Å². The number of amides is 3. The Morgan fingerprint density at radius 1 is 1.15 bits per heavy atom. The summed E-state index contributed by atoms with van der Waals surface area (Å²) in [4.78, 5) is 33.3. The van der Waals surface area contributed by atoms with Gasteiger partial charge in [-0.3, -0.25) is 9.59 Å². The van der Waals surface area contributed by atoms with Crippen molar-refractivity contribution in [2.24, 2.45) is 0 Å². The van der Waals surface area contributed by atoms with Crippen LogP contribution in [0.15, 0.2) is 30.3 Å². The van der Waals surface area contributed by atoms with Crippen molar-refractivity contribution >= 4 is 17.9 Å². The zero-order valence-corrected chi connectivity index (χ0v) is 11.1. The standard InChI is InChI=1S/C13H17N3O4/c1-9(16-11(17)8-15-13(19)20)12(18)14-7-10-5-3-2-4-6-10/h2-6,9,15H,7-8H2,1H3,(H,14,18)(H,16,17)(H,19,20). The second kappa shape index (κ2) is 7.78. The smallest absolute Gasteiger partial charge is 0.405 e. The van der Waals surface area contributed by atoms with Gasteiger partial charge >= 0.3 is 6.09 Å². The largest absolute Gasteiger partial charge is 0.465 e. The van der Waals surface area contributed by atoms with E-state index in [-0.39, 0.29) is 12.5 Å². The Balaban J connectivity index is 2.32. The van der Waals surface area contributed by atoms with Crippen LogP contribution in [0.3, 0.4) is 0 Å². The van der Waals surface area contributed by atoms with Crippen molar-refractivity contribution in [2.45, 2.75) is 19.5 Å². The molecule has 0 saturated carbocycles. The maximum absolute atomic E-state index is 11.7. The molecule has 1 atom stereocenters. The van der Waals surface area contributed by atoms with Crippen molar-refractivity contribution in [1.29, 1.82) is 0 Å². The van der Waals surface area contributed by atoms with Crippen LogP contribution in [0.25, 0.3) is 0 Å². The van der Waals surface area contributed by atoms with Gasteiger partial charge in [-0.1, -0.05) is 30.3 Å². The zero-order valence-electron chi connectivity index (χ0n) is 11.1. The highest BCUT2D eigenvalue weighted by Crippen LogP contribution is 1.97. The molecule has 3 amide bonds. The van der Waals surface area contributed by atoms with Gasteiger partial charge in [-0.15, -0.1) is 0 Å². The topological polar surface area (TPSA) is 108 Å². The van der Waals surface area contributed by atoms with Gasteiger partial charge in [-0.2, -0.15) is 0 Å². The number of nitrogens with one attached hydrogen (secondary N) is 3. The monoisotopic (exact) mass is 279 g/mol. The lowest BCUT2D eigenvalue weighted by Gasteiger charge is -2.14. The second-order valence-electron chi connectivity index (χ2n) is 4.15. The van der Waals surface area contributed by atoms with Gasteiger partial charge in [0.25, 0.3) is 0 Å². The molecular formula is C13H17N3O4. The summed E-state index contributed by atoms with van der Waals surface area (Å²) in [5.74, 6) is -0.896. The molecule has 1 aromatic rings. The lowest BCUT2D eigenvalue weighted by molar-refractivity contribution is -0.128. The SMILES string of the molecule is CC(NC(=O)CNC(=O)O)C(=O)NCc1ccccc1. The Morgan fingerprint density at radius 3 is 2.40 bits per heavy atom. The first-order valence-electron chi connectivity index (χ1n) is 6.07. The summed E-state index contributed by atoms with van der Waals surface area (Å²) < 4.78 is 0. The number of hydrogen-bond donors (Lipinski definition) is 4. The molecule has 0 aliphatic heterocycles. The third-order valence-electron chi connectivity index (χ3n) is 2.48. The van der Waals surface area contributed by atoms with E-state index in [4.69, 9.17) is 5.11 Å². The number of benzene rings is 1. The van der Waals surface area contributed by atoms with Crippen molar-refractivity contribution in [3.63, 3.8) is 0 Å². The lowest BCUT2D eigenvalue weighted by Crippen LogP contribution is -2.47. The van der Waals surface area contributed by atoms with Gasteiger partial charge in [0.15, 0.2) is 0 Å². The van der Waals surface area contributed by atoms with Crippen LogP contribution in [0.4, 0.5) is 4.79 Å². The number of rotatable bonds is 6. The van der Waals surface area contributed by atoms with Crippen molar-refractivity contribution in [3.05, 3.63) is 35.9 Å². The van der Waals surface area contributed by atoms with Crippen LogP contribution in [0.5, 0.6) is 0 Å². The molecule has 7 nitrogen and oxygen atoms in total. The molecule has 20 heavy (non-hydrogen) atoms. The molecular weight excluding hydrogens is 262 g/mol. The number of carboxylic acid groups (broad SMARTS) is 1. The Morgan fingerprint density at radius 2 is 1.80 bits per heavy atom. The fourth-order valence-corrected chi connectivity index (χ4v) is 1.45. The maximum atomic E-state index is 11.7. The first-order valence-corrected chi connectivity index (χ1v) is 6.07. The molecule has 0 heterocycles. The number of hydrogen-bond acceptors (Lipinski definition) is 3. The molecule has 1 rings (SSSR count). The predicted molar refractivity (Wildman–Crippen MR) is 71.9 cm³/mol. The van der Waals surface area contributed by atoms with Crippen LogP contribution in [0.2, 0.25) is 0 Å². The van der Waals surface area contributed by atoms with Crippen molar-refractivity contribution in [3.8, 4) is 0 Å². The van der Waals surface area contributed by atoms with E-state index >= 15 is 0 Å². The summed E-state index contributed by atoms with van der Waals surface area (Å²) in [5.41, 5.74) is 0.951. The molecule has 7 heteroatoms. The number of carbonyl (C=O) groups excluding carboxylic acids is 2. The lowest BCUT2D eigenvalue weighted by atomic mass is 10.2. The Hall–Kier alpha value is -2.57. The van der Waals surface area contributed by atoms with Gasteiger partial charge in [-0.25, -0.2) is 4.79 Å². The first kappa shape index (κ1) is 15.5. The maximum Gasteiger partial charge on any atom is 0.405 e. The third kappa shape index (κ3) is 5.85. The van der Waals surface area contributed by atoms with Crippen molar-refractivity contribution in [1.82, 2.24) is 16.0 Å². The average Bonchev–Trinajstić information content (AvgIpc) is 2.43. The van der Waals surface area contributed by atoms with Gasteiger partial charge in [-0.05, 0) is 12.5 Å². The van der Waals surface area contributed by atoms with Crippen LogP contribution in [0.1, 0.15) is 12.5 Å². The quantitative estimate of drug-likeness (QED) is 0.591. The highest BCUT2D eigenvalue weighted by atomic mass is 16.4. The highest BCUT2D eigenvalue weighted by Gasteiger charge is 2.15. The highest BCUT2D eigenvalue weighted by molar-refractivity contribution is 5.88. The van der Waals surface area contributed by atoms with E-state index in [2.05, 4.69) is 10.6 Å². The summed E-state index contributed by atoms with van der Waals surface area (Å²) in [6, 6.07) is 8.63. The summed E-state index contributed by atoms with van der Waals surface area (Å²) in [5, 5.41) is 15.3. The Kier molecular flexibility index (Phi) is 6.02. The zero-order chi connectivity index (χ0) is 15.0. The van der Waals surface area contributed by atoms with E-state index in [1.807, 2.05) is 35.6 Å². The molecule has 0 spiro atoms. The van der Waals surface area contributed by atoms with E-state index in [1.165, 1.54) is 6.92 Å². The van der Waals surface area contributed by atoms with Crippen molar-refractivity contribution < 1.29 is 19.5 Å². The third-order valence-corrected chi connectivity index (χ3v) is 2.48. The summed E-state index contributed by atoms with van der Waals surface area (Å²) in [7, 11) is 0. The number of carbonyl (C=O) groups is 3. The van der Waals surface area contributed by atoms with Gasteiger partial charge < -0.3 is 21.1 Å². The molecule has 4 N–H and O–H groups in total. The molecule has 0 radical (unpaired) electrons. The molecule has 1 unspecified atom stereocenters. The molecule has 0 bridgehead atoms. The molecule has 1 aromatic carbocycles. The van der Waals surface area contributed by atoms with Crippen molar-refractivity contribution in [2.75, 3.05) is 6.54 Å². The molecule has 0 aliphatic rings. The van der Waals surface area contributed by atoms with Crippen LogP contribution in [0, 0.1) is 0 Å². The fourth-order valence-electron chi connectivity index (χ4n) is 1.45. The first-order chi connectivity index (χ1) is 9.49. The summed E-state index contributed by atoms with van der Waals surface area (Å²) >= 11 is 0. The molecule has 108 valence electrons. The summed E-state index contributed by atoms with van der Waals surface area (Å²) in [6.45, 7) is 1.51. The van der Waals surface area contributed by atoms with E-state index in [1.54, 1.807) is 0 Å². The van der Waals surface area contributed by atoms with Gasteiger partial charge in [0.2, 0.25) is 11.8 Å². The second-order valence-corrected chi connectivity index (χ2v) is 4.15. The molecule has 0 fully saturated rings. The van der Waals surface area contributed by atoms with Crippen LogP contribution in [-0.4, -0.2) is 35.6 Å². The minimum Gasteiger partial charge on any atom is -0.465 e. The van der Waals surface area contributed by atoms with Gasteiger partial charge in [0.1, 0.15) is 12.6 Å². The minimum atomic E-state index is -1.29. The van der Waals surface area contributed by atoms with Crippen LogP contribution >= 0.6 is 0 Å². The summed E-state index contributed by atoms with van der Waals surface area (Å²) in [6.07, 6.45) is -1.29. The van der Waals surface area contributed by atoms with E-state index in [0.717, 1.165) is 5.56 Å². The molecule has 0 saturated heterocycles. The van der Waals surface area contributed by atoms with Gasteiger partial charge in [0, 0.05) is 6.54 Å². The molecule has 0 aromatic heterocycles. The molecule has 0 aliphatic carbocycles. The Labute approximate surface area is 116 Å². The minimum absolute atomic E-state index is 0.336.